The summed E-state index contributed by atoms with van der Waals surface area (Å²) in [5, 5.41) is 0. The molecule has 4 heteroatoms. The lowest BCUT2D eigenvalue weighted by Gasteiger charge is -2.22. The van der Waals surface area contributed by atoms with E-state index in [1.165, 1.54) is 24.3 Å². The first-order valence-corrected chi connectivity index (χ1v) is 7.73. The van der Waals surface area contributed by atoms with Crippen molar-refractivity contribution in [1.29, 1.82) is 0 Å². The van der Waals surface area contributed by atoms with Crippen molar-refractivity contribution in [3.63, 3.8) is 0 Å². The fourth-order valence-corrected chi connectivity index (χ4v) is 2.62. The lowest BCUT2D eigenvalue weighted by atomic mass is 9.81. The summed E-state index contributed by atoms with van der Waals surface area (Å²) in [5.41, 5.74) is 0.619. The van der Waals surface area contributed by atoms with E-state index in [-0.39, 0.29) is 12.2 Å². The first kappa shape index (κ1) is 17.6. The maximum absolute atomic E-state index is 14.0. The SMILES string of the molecule is C=C[C@@H](c1ccccc1)[C@@H](C(=O)OCC)C(=O)c1ccccc1F. The van der Waals surface area contributed by atoms with E-state index in [0.717, 1.165) is 5.56 Å². The number of hydrogen-bond donors (Lipinski definition) is 0. The highest BCUT2D eigenvalue weighted by molar-refractivity contribution is 6.09. The largest absolute Gasteiger partial charge is 0.465 e. The van der Waals surface area contributed by atoms with Gasteiger partial charge >= 0.3 is 5.97 Å². The Bertz CT molecular complexity index is 725. The lowest BCUT2D eigenvalue weighted by Crippen LogP contribution is -2.32. The van der Waals surface area contributed by atoms with Gasteiger partial charge in [-0.2, -0.15) is 0 Å². The minimum atomic E-state index is -1.18. The zero-order valence-electron chi connectivity index (χ0n) is 13.4. The molecule has 0 aliphatic carbocycles. The van der Waals surface area contributed by atoms with Crippen molar-refractivity contribution in [2.24, 2.45) is 5.92 Å². The summed E-state index contributed by atoms with van der Waals surface area (Å²) >= 11 is 0. The molecule has 0 saturated carbocycles. The Hall–Kier alpha value is -2.75. The van der Waals surface area contributed by atoms with Crippen LogP contribution < -0.4 is 0 Å². The number of rotatable bonds is 7. The first-order valence-electron chi connectivity index (χ1n) is 7.73. The number of ether oxygens (including phenoxy) is 1. The van der Waals surface area contributed by atoms with Crippen LogP contribution in [0.15, 0.2) is 67.3 Å². The van der Waals surface area contributed by atoms with Gasteiger partial charge in [-0.25, -0.2) is 4.39 Å². The number of carbonyl (C=O) groups is 2. The Morgan fingerprint density at radius 1 is 1.12 bits per heavy atom. The summed E-state index contributed by atoms with van der Waals surface area (Å²) in [7, 11) is 0. The normalized spacial score (nSPS) is 12.9. The molecule has 0 spiro atoms. The predicted molar refractivity (Wildman–Crippen MR) is 90.2 cm³/mol. The van der Waals surface area contributed by atoms with Gasteiger partial charge in [0.05, 0.1) is 12.2 Å². The van der Waals surface area contributed by atoms with Crippen LogP contribution in [0, 0.1) is 11.7 Å². The van der Waals surface area contributed by atoms with Crippen molar-refractivity contribution >= 4 is 11.8 Å². The molecule has 0 aromatic heterocycles. The minimum Gasteiger partial charge on any atom is -0.465 e. The first-order chi connectivity index (χ1) is 11.6. The quantitative estimate of drug-likeness (QED) is 0.332. The van der Waals surface area contributed by atoms with Gasteiger partial charge in [-0.3, -0.25) is 9.59 Å². The molecule has 0 saturated heterocycles. The van der Waals surface area contributed by atoms with E-state index in [4.69, 9.17) is 4.74 Å². The highest BCUT2D eigenvalue weighted by Crippen LogP contribution is 2.30. The van der Waals surface area contributed by atoms with Crippen LogP contribution in [-0.4, -0.2) is 18.4 Å². The van der Waals surface area contributed by atoms with Gasteiger partial charge in [0.25, 0.3) is 0 Å². The number of benzene rings is 2. The Balaban J connectivity index is 2.48. The number of carbonyl (C=O) groups excluding carboxylic acids is 2. The van der Waals surface area contributed by atoms with Crippen LogP contribution in [0.5, 0.6) is 0 Å². The van der Waals surface area contributed by atoms with Crippen molar-refractivity contribution < 1.29 is 18.7 Å². The van der Waals surface area contributed by atoms with Crippen LogP contribution in [0.3, 0.4) is 0 Å². The third kappa shape index (κ3) is 3.77. The number of Topliss-reactive ketones (excluding diaryl/α,β-unsaturated/α-hetero) is 1. The van der Waals surface area contributed by atoms with Gasteiger partial charge in [-0.15, -0.1) is 6.58 Å². The molecule has 0 aliphatic rings. The third-order valence-corrected chi connectivity index (χ3v) is 3.76. The summed E-state index contributed by atoms with van der Waals surface area (Å²) in [4.78, 5) is 25.3. The van der Waals surface area contributed by atoms with Crippen LogP contribution >= 0.6 is 0 Å². The molecule has 2 aromatic carbocycles. The molecule has 2 atom stereocenters. The minimum absolute atomic E-state index is 0.127. The monoisotopic (exact) mass is 326 g/mol. The van der Waals surface area contributed by atoms with Gasteiger partial charge in [0, 0.05) is 5.92 Å². The number of esters is 1. The Morgan fingerprint density at radius 3 is 2.33 bits per heavy atom. The van der Waals surface area contributed by atoms with E-state index in [1.807, 2.05) is 18.2 Å². The number of hydrogen-bond acceptors (Lipinski definition) is 3. The van der Waals surface area contributed by atoms with Gasteiger partial charge in [-0.05, 0) is 24.6 Å². The molecule has 0 amide bonds. The molecule has 0 aliphatic heterocycles. The second-order valence-electron chi connectivity index (χ2n) is 5.25. The van der Waals surface area contributed by atoms with Crippen LogP contribution in [0.4, 0.5) is 4.39 Å². The summed E-state index contributed by atoms with van der Waals surface area (Å²) in [6.07, 6.45) is 1.52. The molecule has 2 rings (SSSR count). The smallest absolute Gasteiger partial charge is 0.317 e. The third-order valence-electron chi connectivity index (χ3n) is 3.76. The molecule has 0 fully saturated rings. The van der Waals surface area contributed by atoms with Crippen molar-refractivity contribution in [3.05, 3.63) is 84.2 Å². The van der Waals surface area contributed by atoms with Gasteiger partial charge in [0.2, 0.25) is 0 Å². The van der Waals surface area contributed by atoms with Gasteiger partial charge in [0.1, 0.15) is 11.7 Å². The summed E-state index contributed by atoms with van der Waals surface area (Å²) in [6, 6.07) is 14.7. The molecule has 24 heavy (non-hydrogen) atoms. The fourth-order valence-electron chi connectivity index (χ4n) is 2.62. The molecule has 0 heterocycles. The number of allylic oxidation sites excluding steroid dienone is 1. The molecule has 2 aromatic rings. The van der Waals surface area contributed by atoms with E-state index in [9.17, 15) is 14.0 Å². The summed E-state index contributed by atoms with van der Waals surface area (Å²) in [5.74, 6) is -3.73. The van der Waals surface area contributed by atoms with Gasteiger partial charge in [-0.1, -0.05) is 48.5 Å². The average molecular weight is 326 g/mol. The second-order valence-corrected chi connectivity index (χ2v) is 5.25. The van der Waals surface area contributed by atoms with E-state index in [2.05, 4.69) is 6.58 Å². The van der Waals surface area contributed by atoms with Gasteiger partial charge < -0.3 is 4.74 Å². The molecular formula is C20H19FO3. The fraction of sp³-hybridized carbons (Fsp3) is 0.200. The molecule has 0 unspecified atom stereocenters. The number of halogens is 1. The number of ketones is 1. The molecule has 0 N–H and O–H groups in total. The van der Waals surface area contributed by atoms with Gasteiger partial charge in [0.15, 0.2) is 5.78 Å². The maximum atomic E-state index is 14.0. The Labute approximate surface area is 140 Å². The Kier molecular flexibility index (Phi) is 6.01. The Morgan fingerprint density at radius 2 is 1.75 bits per heavy atom. The second kappa shape index (κ2) is 8.20. The van der Waals surface area contributed by atoms with E-state index < -0.39 is 29.4 Å². The maximum Gasteiger partial charge on any atom is 0.317 e. The van der Waals surface area contributed by atoms with Crippen molar-refractivity contribution in [3.8, 4) is 0 Å². The average Bonchev–Trinajstić information content (AvgIpc) is 2.60. The van der Waals surface area contributed by atoms with Crippen LogP contribution in [0.2, 0.25) is 0 Å². The molecular weight excluding hydrogens is 307 g/mol. The molecule has 3 nitrogen and oxygen atoms in total. The van der Waals surface area contributed by atoms with Crippen LogP contribution in [0.1, 0.15) is 28.8 Å². The van der Waals surface area contributed by atoms with Crippen molar-refractivity contribution in [2.45, 2.75) is 12.8 Å². The highest BCUT2D eigenvalue weighted by atomic mass is 19.1. The van der Waals surface area contributed by atoms with Crippen LogP contribution in [-0.2, 0) is 9.53 Å². The molecule has 124 valence electrons. The van der Waals surface area contributed by atoms with Crippen molar-refractivity contribution in [1.82, 2.24) is 0 Å². The highest BCUT2D eigenvalue weighted by Gasteiger charge is 2.37. The zero-order valence-corrected chi connectivity index (χ0v) is 13.4. The summed E-state index contributed by atoms with van der Waals surface area (Å²) < 4.78 is 19.1. The summed E-state index contributed by atoms with van der Waals surface area (Å²) in [6.45, 7) is 5.54. The molecule has 0 radical (unpaired) electrons. The van der Waals surface area contributed by atoms with E-state index in [1.54, 1.807) is 25.1 Å². The van der Waals surface area contributed by atoms with Crippen molar-refractivity contribution in [2.75, 3.05) is 6.61 Å². The molecule has 0 bridgehead atoms. The van der Waals surface area contributed by atoms with E-state index >= 15 is 0 Å². The predicted octanol–water partition coefficient (Wildman–Crippen LogP) is 4.16. The topological polar surface area (TPSA) is 43.4 Å². The standard InChI is InChI=1S/C20H19FO3/c1-3-15(14-10-6-5-7-11-14)18(20(23)24-4-2)19(22)16-12-8-9-13-17(16)21/h3,5-13,15,18H,1,4H2,2H3/t15-,18+/m0/s1. The van der Waals surface area contributed by atoms with Crippen LogP contribution in [0.25, 0.3) is 0 Å². The van der Waals surface area contributed by atoms with E-state index in [0.29, 0.717) is 0 Å². The zero-order chi connectivity index (χ0) is 17.5. The lowest BCUT2D eigenvalue weighted by molar-refractivity contribution is -0.146.